The number of carbonyl (C=O) groups is 2. The third kappa shape index (κ3) is 5.41. The van der Waals surface area contributed by atoms with Crippen molar-refractivity contribution in [3.8, 4) is 0 Å². The summed E-state index contributed by atoms with van der Waals surface area (Å²) in [5.41, 5.74) is 2.13. The maximum absolute atomic E-state index is 12.9. The van der Waals surface area contributed by atoms with Gasteiger partial charge in [-0.05, 0) is 31.0 Å². The van der Waals surface area contributed by atoms with Crippen molar-refractivity contribution >= 4 is 11.8 Å². The Labute approximate surface area is 161 Å². The van der Waals surface area contributed by atoms with Crippen LogP contribution in [0, 0.1) is 0 Å². The highest BCUT2D eigenvalue weighted by atomic mass is 16.2. The summed E-state index contributed by atoms with van der Waals surface area (Å²) in [4.78, 5) is 28.4. The van der Waals surface area contributed by atoms with Crippen molar-refractivity contribution in [2.45, 2.75) is 24.9 Å². The lowest BCUT2D eigenvalue weighted by molar-refractivity contribution is -0.133. The molecule has 0 radical (unpaired) electrons. The van der Waals surface area contributed by atoms with Gasteiger partial charge in [0.05, 0.1) is 19.1 Å². The van der Waals surface area contributed by atoms with Crippen LogP contribution in [0.1, 0.15) is 30.0 Å². The van der Waals surface area contributed by atoms with Gasteiger partial charge < -0.3 is 10.2 Å². The lowest BCUT2D eigenvalue weighted by Crippen LogP contribution is -2.43. The largest absolute Gasteiger partial charge is 0.352 e. The molecule has 5 heteroatoms. The number of rotatable bonds is 8. The average molecular weight is 365 g/mol. The van der Waals surface area contributed by atoms with Crippen LogP contribution in [-0.2, 0) is 9.59 Å². The van der Waals surface area contributed by atoms with Crippen LogP contribution in [-0.4, -0.2) is 54.8 Å². The van der Waals surface area contributed by atoms with E-state index in [2.05, 4.69) is 5.32 Å². The van der Waals surface area contributed by atoms with E-state index in [1.54, 1.807) is 16.8 Å². The predicted octanol–water partition coefficient (Wildman–Crippen LogP) is 2.44. The van der Waals surface area contributed by atoms with Crippen LogP contribution in [0.3, 0.4) is 0 Å². The number of nitrogens with zero attached hydrogens (tertiary/aromatic N) is 2. The molecule has 1 fully saturated rings. The SMILES string of the molecule is CN(CC(=O)NC1CC1)CC(=O)N(C)C(c1ccccc1)c1ccccc1. The third-order valence-electron chi connectivity index (χ3n) is 4.77. The monoisotopic (exact) mass is 365 g/mol. The Morgan fingerprint density at radius 3 is 1.93 bits per heavy atom. The molecule has 142 valence electrons. The fraction of sp³-hybridized carbons (Fsp3) is 0.364. The minimum Gasteiger partial charge on any atom is -0.352 e. The molecule has 1 aliphatic carbocycles. The van der Waals surface area contributed by atoms with Crippen LogP contribution in [0.25, 0.3) is 0 Å². The highest BCUT2D eigenvalue weighted by Gasteiger charge is 2.26. The van der Waals surface area contributed by atoms with Gasteiger partial charge in [-0.3, -0.25) is 14.5 Å². The highest BCUT2D eigenvalue weighted by molar-refractivity contribution is 5.81. The first-order valence-electron chi connectivity index (χ1n) is 9.38. The van der Waals surface area contributed by atoms with Crippen molar-refractivity contribution in [1.29, 1.82) is 0 Å². The summed E-state index contributed by atoms with van der Waals surface area (Å²) >= 11 is 0. The highest BCUT2D eigenvalue weighted by Crippen LogP contribution is 2.27. The molecule has 0 aromatic heterocycles. The molecule has 1 saturated carbocycles. The van der Waals surface area contributed by atoms with Crippen molar-refractivity contribution in [3.05, 3.63) is 71.8 Å². The molecule has 5 nitrogen and oxygen atoms in total. The molecular weight excluding hydrogens is 338 g/mol. The van der Waals surface area contributed by atoms with Crippen LogP contribution < -0.4 is 5.32 Å². The van der Waals surface area contributed by atoms with E-state index in [4.69, 9.17) is 0 Å². The second-order valence-electron chi connectivity index (χ2n) is 7.24. The topological polar surface area (TPSA) is 52.7 Å². The zero-order valence-electron chi connectivity index (χ0n) is 16.0. The number of likely N-dealkylation sites (N-methyl/N-ethyl adjacent to an activating group) is 2. The summed E-state index contributed by atoms with van der Waals surface area (Å²) in [6.45, 7) is 0.433. The molecule has 0 saturated heterocycles. The van der Waals surface area contributed by atoms with Crippen molar-refractivity contribution in [3.63, 3.8) is 0 Å². The first-order chi connectivity index (χ1) is 13.0. The smallest absolute Gasteiger partial charge is 0.237 e. The van der Waals surface area contributed by atoms with Gasteiger partial charge in [-0.25, -0.2) is 0 Å². The van der Waals surface area contributed by atoms with E-state index in [1.807, 2.05) is 67.7 Å². The molecule has 1 N–H and O–H groups in total. The zero-order valence-corrected chi connectivity index (χ0v) is 16.0. The van der Waals surface area contributed by atoms with Gasteiger partial charge in [0.15, 0.2) is 0 Å². The Bertz CT molecular complexity index is 720. The van der Waals surface area contributed by atoms with Gasteiger partial charge in [0.25, 0.3) is 0 Å². The summed E-state index contributed by atoms with van der Waals surface area (Å²) in [5, 5.41) is 2.96. The zero-order chi connectivity index (χ0) is 19.2. The lowest BCUT2D eigenvalue weighted by Gasteiger charge is -2.30. The number of hydrogen-bond donors (Lipinski definition) is 1. The lowest BCUT2D eigenvalue weighted by atomic mass is 9.97. The Morgan fingerprint density at radius 2 is 1.44 bits per heavy atom. The summed E-state index contributed by atoms with van der Waals surface area (Å²) in [5.74, 6) is -0.0347. The standard InChI is InChI=1S/C22H27N3O2/c1-24(15-20(26)23-19-13-14-19)16-21(27)25(2)22(17-9-5-3-6-10-17)18-11-7-4-8-12-18/h3-12,19,22H,13-16H2,1-2H3,(H,23,26). The Hall–Kier alpha value is -2.66. The van der Waals surface area contributed by atoms with Crippen molar-refractivity contribution in [2.24, 2.45) is 0 Å². The molecule has 0 spiro atoms. The molecule has 27 heavy (non-hydrogen) atoms. The third-order valence-corrected chi connectivity index (χ3v) is 4.77. The predicted molar refractivity (Wildman–Crippen MR) is 106 cm³/mol. The second-order valence-corrected chi connectivity index (χ2v) is 7.24. The van der Waals surface area contributed by atoms with Gasteiger partial charge in [0.1, 0.15) is 0 Å². The first kappa shape index (κ1) is 19.1. The van der Waals surface area contributed by atoms with Crippen LogP contribution >= 0.6 is 0 Å². The molecule has 0 atom stereocenters. The Morgan fingerprint density at radius 1 is 0.926 bits per heavy atom. The molecule has 2 aromatic rings. The number of benzene rings is 2. The van der Waals surface area contributed by atoms with E-state index in [0.717, 1.165) is 24.0 Å². The number of nitrogens with one attached hydrogen (secondary N) is 1. The molecule has 2 amide bonds. The maximum Gasteiger partial charge on any atom is 0.237 e. The molecule has 1 aliphatic rings. The van der Waals surface area contributed by atoms with Crippen LogP contribution in [0.15, 0.2) is 60.7 Å². The summed E-state index contributed by atoms with van der Waals surface area (Å²) in [6, 6.07) is 20.2. The Balaban J connectivity index is 1.68. The number of carbonyl (C=O) groups excluding carboxylic acids is 2. The van der Waals surface area contributed by atoms with E-state index in [0.29, 0.717) is 6.04 Å². The van der Waals surface area contributed by atoms with Gasteiger partial charge in [-0.2, -0.15) is 0 Å². The number of amides is 2. The van der Waals surface area contributed by atoms with E-state index >= 15 is 0 Å². The minimum absolute atomic E-state index is 0.0156. The van der Waals surface area contributed by atoms with Crippen LogP contribution in [0.4, 0.5) is 0 Å². The van der Waals surface area contributed by atoms with Crippen molar-refractivity contribution in [1.82, 2.24) is 15.1 Å². The molecular formula is C22H27N3O2. The van der Waals surface area contributed by atoms with Gasteiger partial charge in [0, 0.05) is 13.1 Å². The Kier molecular flexibility index (Phi) is 6.24. The van der Waals surface area contributed by atoms with Gasteiger partial charge in [-0.15, -0.1) is 0 Å². The van der Waals surface area contributed by atoms with Crippen molar-refractivity contribution < 1.29 is 9.59 Å². The van der Waals surface area contributed by atoms with E-state index in [-0.39, 0.29) is 30.9 Å². The van der Waals surface area contributed by atoms with Crippen LogP contribution in [0.2, 0.25) is 0 Å². The number of hydrogen-bond acceptors (Lipinski definition) is 3. The maximum atomic E-state index is 12.9. The first-order valence-corrected chi connectivity index (χ1v) is 9.38. The van der Waals surface area contributed by atoms with E-state index in [1.165, 1.54) is 0 Å². The molecule has 2 aromatic carbocycles. The van der Waals surface area contributed by atoms with E-state index < -0.39 is 0 Å². The average Bonchev–Trinajstić information content (AvgIpc) is 3.47. The molecule has 0 heterocycles. The fourth-order valence-electron chi connectivity index (χ4n) is 3.20. The molecule has 0 unspecified atom stereocenters. The van der Waals surface area contributed by atoms with Gasteiger partial charge >= 0.3 is 0 Å². The van der Waals surface area contributed by atoms with E-state index in [9.17, 15) is 9.59 Å². The normalized spacial score (nSPS) is 13.6. The van der Waals surface area contributed by atoms with Crippen molar-refractivity contribution in [2.75, 3.05) is 27.2 Å². The molecule has 3 rings (SSSR count). The summed E-state index contributed by atoms with van der Waals surface area (Å²) in [6.07, 6.45) is 2.12. The van der Waals surface area contributed by atoms with Crippen LogP contribution in [0.5, 0.6) is 0 Å². The van der Waals surface area contributed by atoms with Gasteiger partial charge in [0.2, 0.25) is 11.8 Å². The fourth-order valence-corrected chi connectivity index (χ4v) is 3.20. The summed E-state index contributed by atoms with van der Waals surface area (Å²) in [7, 11) is 3.63. The second kappa shape index (κ2) is 8.82. The minimum atomic E-state index is -0.159. The molecule has 0 aliphatic heterocycles. The summed E-state index contributed by atoms with van der Waals surface area (Å²) < 4.78 is 0. The van der Waals surface area contributed by atoms with Gasteiger partial charge in [-0.1, -0.05) is 60.7 Å². The molecule has 0 bridgehead atoms. The quantitative estimate of drug-likeness (QED) is 0.782.